The number of likely N-dealkylation sites (N-methyl/N-ethyl adjacent to an activating group) is 1. The van der Waals surface area contributed by atoms with Crippen molar-refractivity contribution in [3.8, 4) is 0 Å². The molecule has 0 bridgehead atoms. The fraction of sp³-hybridized carbons (Fsp3) is 0.778. The van der Waals surface area contributed by atoms with Crippen LogP contribution in [0, 0.1) is 0 Å². The first-order chi connectivity index (χ1) is 7.19. The van der Waals surface area contributed by atoms with Gasteiger partial charge in [-0.1, -0.05) is 0 Å². The van der Waals surface area contributed by atoms with Crippen LogP contribution in [0.5, 0.6) is 0 Å². The van der Waals surface area contributed by atoms with Crippen LogP contribution in [-0.2, 0) is 4.79 Å². The summed E-state index contributed by atoms with van der Waals surface area (Å²) in [6, 6.07) is -0.0993. The molecule has 0 unspecified atom stereocenters. The second kappa shape index (κ2) is 5.55. The van der Waals surface area contributed by atoms with Crippen molar-refractivity contribution in [2.75, 3.05) is 39.3 Å². The lowest BCUT2D eigenvalue weighted by Crippen LogP contribution is -2.54. The molecule has 1 heterocycles. The monoisotopic (exact) mass is 214 g/mol. The molecular formula is C9H18N4O2. The van der Waals surface area contributed by atoms with Crippen LogP contribution in [0.25, 0.3) is 0 Å². The van der Waals surface area contributed by atoms with E-state index >= 15 is 0 Å². The molecule has 0 aromatic rings. The number of rotatable bonds is 3. The minimum absolute atomic E-state index is 0.0987. The molecule has 0 aromatic carbocycles. The van der Waals surface area contributed by atoms with Crippen molar-refractivity contribution >= 4 is 11.9 Å². The fourth-order valence-electron chi connectivity index (χ4n) is 1.55. The van der Waals surface area contributed by atoms with E-state index in [0.29, 0.717) is 32.7 Å². The molecule has 15 heavy (non-hydrogen) atoms. The van der Waals surface area contributed by atoms with Gasteiger partial charge in [0.25, 0.3) is 0 Å². The maximum atomic E-state index is 11.9. The van der Waals surface area contributed by atoms with Gasteiger partial charge in [0.1, 0.15) is 6.54 Å². The van der Waals surface area contributed by atoms with Crippen molar-refractivity contribution in [2.24, 2.45) is 5.73 Å². The molecule has 1 rings (SSSR count). The summed E-state index contributed by atoms with van der Waals surface area (Å²) in [6.45, 7) is 4.76. The number of nitrogens with zero attached hydrogens (tertiary/aromatic N) is 2. The number of piperazine rings is 1. The molecule has 3 N–H and O–H groups in total. The Morgan fingerprint density at radius 1 is 1.67 bits per heavy atom. The Morgan fingerprint density at radius 3 is 2.93 bits per heavy atom. The van der Waals surface area contributed by atoms with Crippen LogP contribution >= 0.6 is 0 Å². The summed E-state index contributed by atoms with van der Waals surface area (Å²) in [6.07, 6.45) is 0. The standard InChI is InChI=1S/C9H18N4O2/c1-2-12(5-3-10)9(15)13-6-4-11-8(14)7-13/h2-7,10H2,1H3,(H,11,14). The van der Waals surface area contributed by atoms with Crippen LogP contribution < -0.4 is 11.1 Å². The minimum atomic E-state index is -0.0993. The molecule has 0 aromatic heterocycles. The molecule has 6 heteroatoms. The minimum Gasteiger partial charge on any atom is -0.353 e. The highest BCUT2D eigenvalue weighted by molar-refractivity contribution is 5.85. The fourth-order valence-corrected chi connectivity index (χ4v) is 1.55. The van der Waals surface area contributed by atoms with Crippen molar-refractivity contribution in [3.05, 3.63) is 0 Å². The first-order valence-corrected chi connectivity index (χ1v) is 5.19. The van der Waals surface area contributed by atoms with E-state index in [4.69, 9.17) is 5.73 Å². The number of hydrogen-bond acceptors (Lipinski definition) is 3. The molecule has 0 radical (unpaired) electrons. The number of urea groups is 1. The summed E-state index contributed by atoms with van der Waals surface area (Å²) < 4.78 is 0. The van der Waals surface area contributed by atoms with Crippen LogP contribution in [0.15, 0.2) is 0 Å². The summed E-state index contributed by atoms with van der Waals surface area (Å²) >= 11 is 0. The second-order valence-electron chi connectivity index (χ2n) is 3.42. The van der Waals surface area contributed by atoms with E-state index in [1.807, 2.05) is 6.92 Å². The lowest BCUT2D eigenvalue weighted by atomic mass is 10.3. The second-order valence-corrected chi connectivity index (χ2v) is 3.42. The van der Waals surface area contributed by atoms with Crippen molar-refractivity contribution in [3.63, 3.8) is 0 Å². The van der Waals surface area contributed by atoms with E-state index in [0.717, 1.165) is 0 Å². The molecular weight excluding hydrogens is 196 g/mol. The van der Waals surface area contributed by atoms with Crippen molar-refractivity contribution in [2.45, 2.75) is 6.92 Å². The van der Waals surface area contributed by atoms with Gasteiger partial charge >= 0.3 is 6.03 Å². The number of carbonyl (C=O) groups excluding carboxylic acids is 2. The lowest BCUT2D eigenvalue weighted by molar-refractivity contribution is -0.123. The maximum Gasteiger partial charge on any atom is 0.320 e. The Labute approximate surface area is 89.4 Å². The van der Waals surface area contributed by atoms with Crippen LogP contribution in [0.4, 0.5) is 4.79 Å². The third kappa shape index (κ3) is 3.09. The molecule has 86 valence electrons. The largest absolute Gasteiger partial charge is 0.353 e. The zero-order chi connectivity index (χ0) is 11.3. The van der Waals surface area contributed by atoms with E-state index < -0.39 is 0 Å². The van der Waals surface area contributed by atoms with Crippen LogP contribution in [-0.4, -0.2) is 61.0 Å². The SMILES string of the molecule is CCN(CCN)C(=O)N1CCNC(=O)C1. The number of hydrogen-bond donors (Lipinski definition) is 2. The molecule has 1 aliphatic heterocycles. The molecule has 1 saturated heterocycles. The smallest absolute Gasteiger partial charge is 0.320 e. The average molecular weight is 214 g/mol. The van der Waals surface area contributed by atoms with Crippen molar-refractivity contribution in [1.29, 1.82) is 0 Å². The summed E-state index contributed by atoms with van der Waals surface area (Å²) in [7, 11) is 0. The summed E-state index contributed by atoms with van der Waals surface area (Å²) in [5.41, 5.74) is 5.41. The highest BCUT2D eigenvalue weighted by atomic mass is 16.2. The average Bonchev–Trinajstić information content (AvgIpc) is 2.25. The first-order valence-electron chi connectivity index (χ1n) is 5.19. The van der Waals surface area contributed by atoms with Gasteiger partial charge in [0, 0.05) is 32.7 Å². The lowest BCUT2D eigenvalue weighted by Gasteiger charge is -2.31. The van der Waals surface area contributed by atoms with Gasteiger partial charge < -0.3 is 20.9 Å². The summed E-state index contributed by atoms with van der Waals surface area (Å²) in [5.74, 6) is -0.0987. The number of nitrogens with one attached hydrogen (secondary N) is 1. The molecule has 0 saturated carbocycles. The Balaban J connectivity index is 2.53. The van der Waals surface area contributed by atoms with Gasteiger partial charge in [-0.3, -0.25) is 4.79 Å². The number of amides is 3. The van der Waals surface area contributed by atoms with Gasteiger partial charge in [0.05, 0.1) is 0 Å². The van der Waals surface area contributed by atoms with E-state index in [-0.39, 0.29) is 18.5 Å². The predicted molar refractivity (Wildman–Crippen MR) is 56.3 cm³/mol. The topological polar surface area (TPSA) is 78.7 Å². The van der Waals surface area contributed by atoms with Crippen LogP contribution in [0.3, 0.4) is 0 Å². The molecule has 3 amide bonds. The molecule has 1 aliphatic rings. The predicted octanol–water partition coefficient (Wildman–Crippen LogP) is -1.18. The van der Waals surface area contributed by atoms with E-state index in [1.165, 1.54) is 0 Å². The van der Waals surface area contributed by atoms with Gasteiger partial charge in [-0.05, 0) is 6.92 Å². The molecule has 0 aliphatic carbocycles. The number of nitrogens with two attached hydrogens (primary N) is 1. The Kier molecular flexibility index (Phi) is 4.36. The third-order valence-electron chi connectivity index (χ3n) is 2.36. The van der Waals surface area contributed by atoms with Gasteiger partial charge in [-0.2, -0.15) is 0 Å². The van der Waals surface area contributed by atoms with E-state index in [1.54, 1.807) is 9.80 Å². The highest BCUT2D eigenvalue weighted by Gasteiger charge is 2.24. The normalized spacial score (nSPS) is 16.1. The highest BCUT2D eigenvalue weighted by Crippen LogP contribution is 2.00. The molecule has 6 nitrogen and oxygen atoms in total. The van der Waals surface area contributed by atoms with E-state index in [9.17, 15) is 9.59 Å². The molecule has 0 atom stereocenters. The third-order valence-corrected chi connectivity index (χ3v) is 2.36. The van der Waals surface area contributed by atoms with Gasteiger partial charge in [-0.15, -0.1) is 0 Å². The zero-order valence-corrected chi connectivity index (χ0v) is 9.03. The summed E-state index contributed by atoms with van der Waals surface area (Å²) in [4.78, 5) is 26.2. The first kappa shape index (κ1) is 11.8. The van der Waals surface area contributed by atoms with Gasteiger partial charge in [0.15, 0.2) is 0 Å². The van der Waals surface area contributed by atoms with Gasteiger partial charge in [0.2, 0.25) is 5.91 Å². The van der Waals surface area contributed by atoms with Crippen LogP contribution in [0.1, 0.15) is 6.92 Å². The van der Waals surface area contributed by atoms with Crippen molar-refractivity contribution in [1.82, 2.24) is 15.1 Å². The van der Waals surface area contributed by atoms with E-state index in [2.05, 4.69) is 5.32 Å². The molecule has 0 spiro atoms. The van der Waals surface area contributed by atoms with Crippen molar-refractivity contribution < 1.29 is 9.59 Å². The van der Waals surface area contributed by atoms with Crippen LogP contribution in [0.2, 0.25) is 0 Å². The Hall–Kier alpha value is -1.30. The van der Waals surface area contributed by atoms with Gasteiger partial charge in [-0.25, -0.2) is 4.79 Å². The summed E-state index contributed by atoms with van der Waals surface area (Å²) in [5, 5.41) is 2.68. The quantitative estimate of drug-likeness (QED) is 0.620. The zero-order valence-electron chi connectivity index (χ0n) is 9.03. The Bertz CT molecular complexity index is 244. The Morgan fingerprint density at radius 2 is 2.40 bits per heavy atom. The maximum absolute atomic E-state index is 11.9. The molecule has 1 fully saturated rings. The number of carbonyl (C=O) groups is 2.